The van der Waals surface area contributed by atoms with Crippen molar-refractivity contribution in [3.8, 4) is 5.69 Å². The second-order valence-electron chi connectivity index (χ2n) is 4.69. The second kappa shape index (κ2) is 7.73. The van der Waals surface area contributed by atoms with Crippen LogP contribution in [0.1, 0.15) is 23.3 Å². The lowest BCUT2D eigenvalue weighted by molar-refractivity contribution is 0.0948. The molecule has 1 aromatic heterocycles. The molecule has 6 heteroatoms. The van der Waals surface area contributed by atoms with Crippen molar-refractivity contribution in [2.45, 2.75) is 12.8 Å². The molecule has 0 fully saturated rings. The third kappa shape index (κ3) is 4.53. The first kappa shape index (κ1) is 15.4. The number of unbranched alkanes of at least 4 members (excludes halogenated alkanes) is 1. The molecule has 0 spiro atoms. The van der Waals surface area contributed by atoms with E-state index in [1.165, 1.54) is 0 Å². The van der Waals surface area contributed by atoms with Crippen LogP contribution in [0, 0.1) is 0 Å². The molecule has 0 aliphatic carbocycles. The Morgan fingerprint density at radius 1 is 1.29 bits per heavy atom. The zero-order chi connectivity index (χ0) is 15.1. The maximum absolute atomic E-state index is 12.0. The van der Waals surface area contributed by atoms with E-state index in [2.05, 4.69) is 16.7 Å². The number of hydrogen-bond donors (Lipinski definition) is 2. The molecule has 112 valence electrons. The van der Waals surface area contributed by atoms with Gasteiger partial charge in [-0.3, -0.25) is 4.79 Å². The molecule has 5 nitrogen and oxygen atoms in total. The van der Waals surface area contributed by atoms with Gasteiger partial charge in [0.25, 0.3) is 5.91 Å². The highest BCUT2D eigenvalue weighted by molar-refractivity contribution is 7.98. The number of carbonyl (C=O) groups excluding carboxylic acids is 1. The van der Waals surface area contributed by atoms with Crippen molar-refractivity contribution < 1.29 is 4.79 Å². The summed E-state index contributed by atoms with van der Waals surface area (Å²) in [5.41, 5.74) is 7.66. The van der Waals surface area contributed by atoms with Crippen LogP contribution in [0.25, 0.3) is 5.69 Å². The number of nitrogens with zero attached hydrogens (tertiary/aromatic N) is 2. The van der Waals surface area contributed by atoms with Crippen LogP contribution in [-0.4, -0.2) is 34.2 Å². The number of nitrogens with one attached hydrogen (secondary N) is 1. The van der Waals surface area contributed by atoms with Crippen molar-refractivity contribution in [1.82, 2.24) is 15.1 Å². The van der Waals surface area contributed by atoms with Gasteiger partial charge in [-0.15, -0.1) is 0 Å². The summed E-state index contributed by atoms with van der Waals surface area (Å²) in [6.07, 6.45) is 5.96. The molecule has 2 rings (SSSR count). The van der Waals surface area contributed by atoms with Gasteiger partial charge < -0.3 is 11.1 Å². The molecule has 21 heavy (non-hydrogen) atoms. The molecule has 2 aromatic rings. The minimum atomic E-state index is -0.131. The van der Waals surface area contributed by atoms with Gasteiger partial charge in [0.2, 0.25) is 0 Å². The van der Waals surface area contributed by atoms with E-state index in [1.54, 1.807) is 16.9 Å². The Kier molecular flexibility index (Phi) is 5.68. The van der Waals surface area contributed by atoms with Crippen LogP contribution in [0.4, 0.5) is 5.69 Å². The number of nitrogen functional groups attached to an aromatic ring is 1. The smallest absolute Gasteiger partial charge is 0.271 e. The highest BCUT2D eigenvalue weighted by Gasteiger charge is 2.09. The van der Waals surface area contributed by atoms with E-state index in [9.17, 15) is 4.79 Å². The van der Waals surface area contributed by atoms with Crippen LogP contribution in [-0.2, 0) is 0 Å². The second-order valence-corrected chi connectivity index (χ2v) is 5.68. The normalized spacial score (nSPS) is 10.5. The molecule has 1 aromatic carbocycles. The molecule has 3 N–H and O–H groups in total. The van der Waals surface area contributed by atoms with Crippen LogP contribution in [0.2, 0.25) is 0 Å². The van der Waals surface area contributed by atoms with E-state index in [4.69, 9.17) is 5.73 Å². The van der Waals surface area contributed by atoms with E-state index in [-0.39, 0.29) is 5.91 Å². The van der Waals surface area contributed by atoms with Crippen LogP contribution in [0.15, 0.2) is 36.5 Å². The Labute approximate surface area is 128 Å². The van der Waals surface area contributed by atoms with Crippen LogP contribution >= 0.6 is 11.8 Å². The maximum atomic E-state index is 12.0. The summed E-state index contributed by atoms with van der Waals surface area (Å²) in [7, 11) is 0. The van der Waals surface area contributed by atoms with Crippen LogP contribution in [0.3, 0.4) is 0 Å². The van der Waals surface area contributed by atoms with E-state index >= 15 is 0 Å². The summed E-state index contributed by atoms with van der Waals surface area (Å²) < 4.78 is 1.67. The SMILES string of the molecule is CSCCCCNC(=O)c1ccn(-c2ccc(N)cc2)n1. The van der Waals surface area contributed by atoms with Gasteiger partial charge in [0.05, 0.1) is 5.69 Å². The van der Waals surface area contributed by atoms with Crippen molar-refractivity contribution in [3.05, 3.63) is 42.2 Å². The first-order valence-corrected chi connectivity index (χ1v) is 8.29. The molecular formula is C15H20N4OS. The van der Waals surface area contributed by atoms with Gasteiger partial charge >= 0.3 is 0 Å². The Bertz CT molecular complexity index is 580. The molecule has 0 radical (unpaired) electrons. The summed E-state index contributed by atoms with van der Waals surface area (Å²) in [4.78, 5) is 12.0. The lowest BCUT2D eigenvalue weighted by Crippen LogP contribution is -2.25. The third-order valence-electron chi connectivity index (χ3n) is 3.04. The van der Waals surface area contributed by atoms with Gasteiger partial charge in [-0.05, 0) is 55.2 Å². The number of aromatic nitrogens is 2. The molecule has 0 atom stereocenters. The fourth-order valence-electron chi connectivity index (χ4n) is 1.88. The fraction of sp³-hybridized carbons (Fsp3) is 0.333. The Hall–Kier alpha value is -1.95. The molecule has 0 aliphatic rings. The summed E-state index contributed by atoms with van der Waals surface area (Å²) in [5, 5.41) is 7.17. The summed E-state index contributed by atoms with van der Waals surface area (Å²) >= 11 is 1.82. The van der Waals surface area contributed by atoms with Gasteiger partial charge in [-0.25, -0.2) is 4.68 Å². The number of amides is 1. The standard InChI is InChI=1S/C15H20N4OS/c1-21-11-3-2-9-17-15(20)14-8-10-19(18-14)13-6-4-12(16)5-7-13/h4-8,10H,2-3,9,11,16H2,1H3,(H,17,20). The Balaban J connectivity index is 1.90. The third-order valence-corrected chi connectivity index (χ3v) is 3.74. The number of rotatable bonds is 7. The number of anilines is 1. The highest BCUT2D eigenvalue weighted by atomic mass is 32.2. The quantitative estimate of drug-likeness (QED) is 0.608. The van der Waals surface area contributed by atoms with E-state index in [0.29, 0.717) is 17.9 Å². The molecular weight excluding hydrogens is 284 g/mol. The first-order chi connectivity index (χ1) is 10.2. The van der Waals surface area contributed by atoms with E-state index < -0.39 is 0 Å². The molecule has 1 amide bonds. The molecule has 1 heterocycles. The summed E-state index contributed by atoms with van der Waals surface area (Å²) in [5.74, 6) is 0.995. The van der Waals surface area contributed by atoms with Crippen molar-refractivity contribution in [2.75, 3.05) is 24.3 Å². The minimum Gasteiger partial charge on any atom is -0.399 e. The molecule has 0 unspecified atom stereocenters. The Morgan fingerprint density at radius 3 is 2.76 bits per heavy atom. The number of nitrogens with two attached hydrogens (primary N) is 1. The molecule has 0 saturated carbocycles. The maximum Gasteiger partial charge on any atom is 0.271 e. The van der Waals surface area contributed by atoms with Gasteiger partial charge in [0.1, 0.15) is 0 Å². The number of thioether (sulfide) groups is 1. The number of carbonyl (C=O) groups is 1. The van der Waals surface area contributed by atoms with Gasteiger partial charge in [0.15, 0.2) is 5.69 Å². The lowest BCUT2D eigenvalue weighted by Gasteiger charge is -2.03. The number of hydrogen-bond acceptors (Lipinski definition) is 4. The predicted octanol–water partition coefficient (Wildman–Crippen LogP) is 2.33. The largest absolute Gasteiger partial charge is 0.399 e. The zero-order valence-electron chi connectivity index (χ0n) is 12.1. The number of benzene rings is 1. The lowest BCUT2D eigenvalue weighted by atomic mass is 10.3. The van der Waals surface area contributed by atoms with Gasteiger partial charge in [-0.2, -0.15) is 16.9 Å². The van der Waals surface area contributed by atoms with Crippen LogP contribution in [0.5, 0.6) is 0 Å². The zero-order valence-corrected chi connectivity index (χ0v) is 12.9. The summed E-state index contributed by atoms with van der Waals surface area (Å²) in [6.45, 7) is 0.689. The van der Waals surface area contributed by atoms with Crippen molar-refractivity contribution in [3.63, 3.8) is 0 Å². The summed E-state index contributed by atoms with van der Waals surface area (Å²) in [6, 6.07) is 9.07. The average Bonchev–Trinajstić information content (AvgIpc) is 2.97. The van der Waals surface area contributed by atoms with Gasteiger partial charge in [0, 0.05) is 18.4 Å². The first-order valence-electron chi connectivity index (χ1n) is 6.89. The minimum absolute atomic E-state index is 0.131. The monoisotopic (exact) mass is 304 g/mol. The molecule has 0 saturated heterocycles. The predicted molar refractivity (Wildman–Crippen MR) is 87.9 cm³/mol. The molecule has 0 bridgehead atoms. The van der Waals surface area contributed by atoms with Crippen molar-refractivity contribution >= 4 is 23.4 Å². The average molecular weight is 304 g/mol. The molecule has 0 aliphatic heterocycles. The van der Waals surface area contributed by atoms with Crippen LogP contribution < -0.4 is 11.1 Å². The van der Waals surface area contributed by atoms with Crippen molar-refractivity contribution in [2.24, 2.45) is 0 Å². The highest BCUT2D eigenvalue weighted by Crippen LogP contribution is 2.10. The van der Waals surface area contributed by atoms with E-state index in [1.807, 2.05) is 36.0 Å². The van der Waals surface area contributed by atoms with Gasteiger partial charge in [-0.1, -0.05) is 0 Å². The topological polar surface area (TPSA) is 72.9 Å². The van der Waals surface area contributed by atoms with Crippen molar-refractivity contribution in [1.29, 1.82) is 0 Å². The fourth-order valence-corrected chi connectivity index (χ4v) is 2.37. The van der Waals surface area contributed by atoms with E-state index in [0.717, 1.165) is 24.3 Å². The Morgan fingerprint density at radius 2 is 2.05 bits per heavy atom.